The fraction of sp³-hybridized carbons (Fsp3) is 0.417. The van der Waals surface area contributed by atoms with Crippen LogP contribution in [0.5, 0.6) is 5.75 Å². The van der Waals surface area contributed by atoms with E-state index in [0.717, 1.165) is 29.7 Å². The van der Waals surface area contributed by atoms with Crippen LogP contribution in [0.2, 0.25) is 0 Å². The van der Waals surface area contributed by atoms with E-state index >= 15 is 0 Å². The lowest BCUT2D eigenvalue weighted by Gasteiger charge is -2.06. The predicted octanol–water partition coefficient (Wildman–Crippen LogP) is 2.11. The van der Waals surface area contributed by atoms with Crippen LogP contribution in [0.15, 0.2) is 18.2 Å². The van der Waals surface area contributed by atoms with Crippen molar-refractivity contribution in [1.29, 1.82) is 0 Å². The van der Waals surface area contributed by atoms with E-state index < -0.39 is 0 Å². The van der Waals surface area contributed by atoms with Gasteiger partial charge in [0.25, 0.3) is 0 Å². The van der Waals surface area contributed by atoms with E-state index in [1.165, 1.54) is 0 Å². The summed E-state index contributed by atoms with van der Waals surface area (Å²) in [7, 11) is 0. The summed E-state index contributed by atoms with van der Waals surface area (Å²) in [6, 6.07) is 5.17. The van der Waals surface area contributed by atoms with Gasteiger partial charge < -0.3 is 15.8 Å². The van der Waals surface area contributed by atoms with Crippen molar-refractivity contribution < 1.29 is 5.11 Å². The topological polar surface area (TPSA) is 74.9 Å². The molecule has 0 radical (unpaired) electrons. The van der Waals surface area contributed by atoms with Crippen LogP contribution in [-0.4, -0.2) is 21.6 Å². The smallest absolute Gasteiger partial charge is 0.117 e. The second kappa shape index (κ2) is 4.53. The molecule has 1 unspecified atom stereocenters. The molecule has 0 amide bonds. The van der Waals surface area contributed by atoms with E-state index in [4.69, 9.17) is 5.73 Å². The number of aromatic amines is 1. The third kappa shape index (κ3) is 2.17. The van der Waals surface area contributed by atoms with Crippen molar-refractivity contribution >= 4 is 11.0 Å². The highest BCUT2D eigenvalue weighted by Crippen LogP contribution is 2.23. The number of phenolic OH excluding ortho intramolecular Hbond substituents is 1. The minimum Gasteiger partial charge on any atom is -0.508 e. The van der Waals surface area contributed by atoms with Gasteiger partial charge in [-0.3, -0.25) is 0 Å². The Hall–Kier alpha value is -1.55. The second-order valence-corrected chi connectivity index (χ2v) is 4.16. The molecule has 2 aromatic rings. The van der Waals surface area contributed by atoms with Crippen molar-refractivity contribution in [3.05, 3.63) is 24.0 Å². The molecule has 4 heteroatoms. The van der Waals surface area contributed by atoms with E-state index in [9.17, 15) is 5.11 Å². The molecular weight excluding hydrogens is 202 g/mol. The maximum absolute atomic E-state index is 9.36. The van der Waals surface area contributed by atoms with Crippen LogP contribution in [0, 0.1) is 0 Å². The Kier molecular flexibility index (Phi) is 3.10. The molecule has 0 saturated heterocycles. The number of hydrogen-bond acceptors (Lipinski definition) is 3. The summed E-state index contributed by atoms with van der Waals surface area (Å²) in [5.74, 6) is 1.60. The first kappa shape index (κ1) is 11.0. The SMILES string of the molecule is CC(CCCN)c1nc2ccc(O)cc2[nH]1. The van der Waals surface area contributed by atoms with Gasteiger partial charge in [-0.2, -0.15) is 0 Å². The molecule has 4 nitrogen and oxygen atoms in total. The first-order valence-corrected chi connectivity index (χ1v) is 5.59. The monoisotopic (exact) mass is 219 g/mol. The summed E-state index contributed by atoms with van der Waals surface area (Å²) >= 11 is 0. The molecule has 0 aliphatic carbocycles. The van der Waals surface area contributed by atoms with Gasteiger partial charge in [0.05, 0.1) is 11.0 Å². The summed E-state index contributed by atoms with van der Waals surface area (Å²) < 4.78 is 0. The van der Waals surface area contributed by atoms with Crippen molar-refractivity contribution in [2.45, 2.75) is 25.7 Å². The van der Waals surface area contributed by atoms with Crippen LogP contribution < -0.4 is 5.73 Å². The zero-order valence-electron chi connectivity index (χ0n) is 9.40. The number of H-pyrrole nitrogens is 1. The maximum Gasteiger partial charge on any atom is 0.117 e. The number of phenols is 1. The molecule has 2 rings (SSSR count). The van der Waals surface area contributed by atoms with Crippen molar-refractivity contribution in [2.75, 3.05) is 6.54 Å². The van der Waals surface area contributed by atoms with Gasteiger partial charge in [0.15, 0.2) is 0 Å². The molecule has 1 atom stereocenters. The van der Waals surface area contributed by atoms with Crippen LogP contribution >= 0.6 is 0 Å². The summed E-state index contributed by atoms with van der Waals surface area (Å²) in [5.41, 5.74) is 7.27. The number of aromatic nitrogens is 2. The molecule has 0 fully saturated rings. The van der Waals surface area contributed by atoms with Crippen molar-refractivity contribution in [1.82, 2.24) is 9.97 Å². The number of nitrogens with one attached hydrogen (secondary N) is 1. The van der Waals surface area contributed by atoms with Gasteiger partial charge in [0, 0.05) is 12.0 Å². The first-order valence-electron chi connectivity index (χ1n) is 5.59. The van der Waals surface area contributed by atoms with E-state index in [-0.39, 0.29) is 5.75 Å². The number of benzene rings is 1. The Balaban J connectivity index is 2.25. The summed E-state index contributed by atoms with van der Waals surface area (Å²) in [4.78, 5) is 7.73. The van der Waals surface area contributed by atoms with Gasteiger partial charge in [-0.05, 0) is 31.5 Å². The molecule has 16 heavy (non-hydrogen) atoms. The lowest BCUT2D eigenvalue weighted by atomic mass is 10.1. The molecule has 1 heterocycles. The molecule has 0 aliphatic heterocycles. The fourth-order valence-electron chi connectivity index (χ4n) is 1.81. The average Bonchev–Trinajstić information content (AvgIpc) is 2.68. The second-order valence-electron chi connectivity index (χ2n) is 4.16. The average molecular weight is 219 g/mol. The van der Waals surface area contributed by atoms with E-state index in [2.05, 4.69) is 16.9 Å². The number of aromatic hydroxyl groups is 1. The maximum atomic E-state index is 9.36. The summed E-state index contributed by atoms with van der Waals surface area (Å²) in [5, 5.41) is 9.36. The van der Waals surface area contributed by atoms with Crippen LogP contribution in [0.25, 0.3) is 11.0 Å². The Morgan fingerprint density at radius 1 is 1.50 bits per heavy atom. The first-order chi connectivity index (χ1) is 7.70. The molecule has 1 aromatic carbocycles. The molecule has 0 saturated carbocycles. The van der Waals surface area contributed by atoms with Crippen LogP contribution in [0.4, 0.5) is 0 Å². The number of hydrogen-bond donors (Lipinski definition) is 3. The quantitative estimate of drug-likeness (QED) is 0.737. The van der Waals surface area contributed by atoms with Crippen LogP contribution in [0.1, 0.15) is 31.5 Å². The molecule has 4 N–H and O–H groups in total. The van der Waals surface area contributed by atoms with Gasteiger partial charge in [-0.1, -0.05) is 6.92 Å². The number of nitrogens with two attached hydrogens (primary N) is 1. The Bertz CT molecular complexity index is 478. The van der Waals surface area contributed by atoms with Crippen molar-refractivity contribution in [3.8, 4) is 5.75 Å². The third-order valence-corrected chi connectivity index (χ3v) is 2.79. The van der Waals surface area contributed by atoms with Gasteiger partial charge in [-0.25, -0.2) is 4.98 Å². The fourth-order valence-corrected chi connectivity index (χ4v) is 1.81. The van der Waals surface area contributed by atoms with Crippen molar-refractivity contribution in [2.24, 2.45) is 5.73 Å². The predicted molar refractivity (Wildman–Crippen MR) is 64.5 cm³/mol. The Morgan fingerprint density at radius 3 is 3.06 bits per heavy atom. The number of nitrogens with zero attached hydrogens (tertiary/aromatic N) is 1. The molecule has 86 valence electrons. The number of rotatable bonds is 4. The highest BCUT2D eigenvalue weighted by atomic mass is 16.3. The van der Waals surface area contributed by atoms with Crippen LogP contribution in [-0.2, 0) is 0 Å². The highest BCUT2D eigenvalue weighted by molar-refractivity contribution is 5.76. The number of imidazole rings is 1. The third-order valence-electron chi connectivity index (χ3n) is 2.79. The van der Waals surface area contributed by atoms with Crippen LogP contribution in [0.3, 0.4) is 0 Å². The summed E-state index contributed by atoms with van der Waals surface area (Å²) in [6.45, 7) is 2.85. The molecule has 1 aromatic heterocycles. The van der Waals surface area contributed by atoms with Gasteiger partial charge >= 0.3 is 0 Å². The molecule has 0 aliphatic rings. The largest absolute Gasteiger partial charge is 0.508 e. The van der Waals surface area contributed by atoms with E-state index in [0.29, 0.717) is 12.5 Å². The standard InChI is InChI=1S/C12H17N3O/c1-8(3-2-6-13)12-14-10-5-4-9(16)7-11(10)15-12/h4-5,7-8,16H,2-3,6,13H2,1H3,(H,14,15). The van der Waals surface area contributed by atoms with Crippen molar-refractivity contribution in [3.63, 3.8) is 0 Å². The Labute approximate surface area is 94.5 Å². The minimum atomic E-state index is 0.261. The van der Waals surface area contributed by atoms with Gasteiger partial charge in [-0.15, -0.1) is 0 Å². The highest BCUT2D eigenvalue weighted by Gasteiger charge is 2.10. The number of fused-ring (bicyclic) bond motifs is 1. The molecule has 0 bridgehead atoms. The van der Waals surface area contributed by atoms with E-state index in [1.54, 1.807) is 12.1 Å². The lowest BCUT2D eigenvalue weighted by molar-refractivity contribution is 0.476. The minimum absolute atomic E-state index is 0.261. The summed E-state index contributed by atoms with van der Waals surface area (Å²) in [6.07, 6.45) is 2.03. The normalized spacial score (nSPS) is 13.1. The zero-order chi connectivity index (χ0) is 11.5. The molecular formula is C12H17N3O. The van der Waals surface area contributed by atoms with E-state index in [1.807, 2.05) is 6.07 Å². The zero-order valence-corrected chi connectivity index (χ0v) is 9.40. The van der Waals surface area contributed by atoms with Gasteiger partial charge in [0.2, 0.25) is 0 Å². The molecule has 0 spiro atoms. The van der Waals surface area contributed by atoms with Gasteiger partial charge in [0.1, 0.15) is 11.6 Å². The Morgan fingerprint density at radius 2 is 2.31 bits per heavy atom. The lowest BCUT2D eigenvalue weighted by Crippen LogP contribution is -2.02.